The summed E-state index contributed by atoms with van der Waals surface area (Å²) in [5, 5.41) is 12.9. The van der Waals surface area contributed by atoms with Crippen molar-refractivity contribution < 1.29 is 0 Å². The summed E-state index contributed by atoms with van der Waals surface area (Å²) in [6.45, 7) is 0. The molecule has 0 spiro atoms. The van der Waals surface area contributed by atoms with E-state index in [1.807, 2.05) is 0 Å². The average Bonchev–Trinajstić information content (AvgIpc) is 3.99. The normalized spacial score (nSPS) is 12.8. The lowest BCUT2D eigenvalue weighted by molar-refractivity contribution is 1.12. The van der Waals surface area contributed by atoms with Crippen LogP contribution in [0.5, 0.6) is 0 Å². The Morgan fingerprint density at radius 1 is 0.280 bits per heavy atom. The number of aromatic nitrogens is 4. The van der Waals surface area contributed by atoms with E-state index >= 15 is 0 Å². The summed E-state index contributed by atoms with van der Waals surface area (Å²) in [4.78, 5) is 0. The van der Waals surface area contributed by atoms with Crippen LogP contribution in [0.25, 0.3) is 110 Å². The van der Waals surface area contributed by atoms with Gasteiger partial charge in [0.05, 0.1) is 33.1 Å². The van der Waals surface area contributed by atoms with Gasteiger partial charge in [0.2, 0.25) is 0 Å². The molecule has 0 radical (unpaired) electrons. The first-order valence-electron chi connectivity index (χ1n) is 17.3. The molecule has 0 aliphatic rings. The van der Waals surface area contributed by atoms with Gasteiger partial charge in [0, 0.05) is 65.2 Å². The minimum Gasteiger partial charge on any atom is -0.295 e. The second kappa shape index (κ2) is 8.62. The van der Waals surface area contributed by atoms with Crippen LogP contribution in [0.4, 0.5) is 0 Å². The van der Waals surface area contributed by atoms with Gasteiger partial charge in [-0.15, -0.1) is 0 Å². The molecule has 0 amide bonds. The highest BCUT2D eigenvalue weighted by Crippen LogP contribution is 2.48. The Kier molecular flexibility index (Phi) is 4.36. The Labute approximate surface area is 284 Å². The molecule has 0 fully saturated rings. The van der Waals surface area contributed by atoms with E-state index in [4.69, 9.17) is 0 Å². The summed E-state index contributed by atoms with van der Waals surface area (Å²) in [5.41, 5.74) is 12.3. The third-order valence-electron chi connectivity index (χ3n) is 11.4. The minimum atomic E-state index is 1.17. The summed E-state index contributed by atoms with van der Waals surface area (Å²) in [6, 6.07) is 58.1. The first-order chi connectivity index (χ1) is 24.9. The Morgan fingerprint density at radius 3 is 1.12 bits per heavy atom. The maximum absolute atomic E-state index is 2.55. The first kappa shape index (κ1) is 25.3. The van der Waals surface area contributed by atoms with Crippen molar-refractivity contribution in [1.82, 2.24) is 17.9 Å². The summed E-state index contributed by atoms with van der Waals surface area (Å²) in [6.07, 6.45) is 0. The van der Waals surface area contributed by atoms with Crippen molar-refractivity contribution >= 4 is 98.3 Å². The Hall–Kier alpha value is -6.78. The maximum Gasteiger partial charge on any atom is 0.131 e. The smallest absolute Gasteiger partial charge is 0.131 e. The van der Waals surface area contributed by atoms with Crippen LogP contribution in [0.1, 0.15) is 0 Å². The Balaban J connectivity index is 1.28. The second-order valence-corrected chi connectivity index (χ2v) is 13.7. The molecule has 0 N–H and O–H groups in total. The molecular weight excluding hydrogens is 609 g/mol. The van der Waals surface area contributed by atoms with Crippen molar-refractivity contribution in [3.63, 3.8) is 0 Å². The molecule has 50 heavy (non-hydrogen) atoms. The molecule has 0 atom stereocenters. The van der Waals surface area contributed by atoms with Gasteiger partial charge in [-0.3, -0.25) is 17.9 Å². The number of benzene rings is 7. The van der Waals surface area contributed by atoms with Crippen molar-refractivity contribution in [3.05, 3.63) is 158 Å². The van der Waals surface area contributed by atoms with E-state index in [-0.39, 0.29) is 0 Å². The third-order valence-corrected chi connectivity index (χ3v) is 11.4. The van der Waals surface area contributed by atoms with Gasteiger partial charge >= 0.3 is 0 Å². The number of hydrogen-bond donors (Lipinski definition) is 0. The van der Waals surface area contributed by atoms with E-state index in [0.717, 1.165) is 0 Å². The Morgan fingerprint density at radius 2 is 0.660 bits per heavy atom. The number of fused-ring (bicyclic) bond motifs is 16. The zero-order valence-corrected chi connectivity index (χ0v) is 26.8. The van der Waals surface area contributed by atoms with E-state index < -0.39 is 0 Å². The van der Waals surface area contributed by atoms with Gasteiger partial charge in [-0.05, 0) is 48.5 Å². The van der Waals surface area contributed by atoms with Crippen LogP contribution in [0, 0.1) is 0 Å². The highest BCUT2D eigenvalue weighted by Gasteiger charge is 2.27. The lowest BCUT2D eigenvalue weighted by atomic mass is 10.0. The van der Waals surface area contributed by atoms with Gasteiger partial charge in [0.15, 0.2) is 0 Å². The van der Waals surface area contributed by atoms with Gasteiger partial charge < -0.3 is 0 Å². The molecule has 6 heterocycles. The monoisotopic (exact) mass is 634 g/mol. The summed E-state index contributed by atoms with van der Waals surface area (Å²) in [7, 11) is 0. The van der Waals surface area contributed by atoms with Crippen molar-refractivity contribution in [2.75, 3.05) is 0 Å². The Bertz CT molecular complexity index is 3280. The highest BCUT2D eigenvalue weighted by molar-refractivity contribution is 6.33. The SMILES string of the molecule is c1ccc(-n2c3ccccc3c3c4cccc5c6cc7c(cc6n(c54)c32)c2cccc3c4c5ccccc5n(-c5ccccc5)c4n7c23)cc1. The largest absolute Gasteiger partial charge is 0.295 e. The molecule has 0 unspecified atom stereocenters. The molecule has 0 saturated heterocycles. The maximum atomic E-state index is 2.55. The van der Waals surface area contributed by atoms with Gasteiger partial charge in [-0.2, -0.15) is 0 Å². The average molecular weight is 635 g/mol. The first-order valence-corrected chi connectivity index (χ1v) is 17.3. The van der Waals surface area contributed by atoms with Gasteiger partial charge in [-0.25, -0.2) is 0 Å². The van der Waals surface area contributed by atoms with E-state index in [1.165, 1.54) is 110 Å². The third kappa shape index (κ3) is 2.77. The zero-order valence-electron chi connectivity index (χ0n) is 26.8. The van der Waals surface area contributed by atoms with E-state index in [1.54, 1.807) is 0 Å². The predicted molar refractivity (Wildman–Crippen MR) is 209 cm³/mol. The highest BCUT2D eigenvalue weighted by atomic mass is 15.1. The standard InChI is InChI=1S/C46H26N4/c1-3-13-27(14-4-1)47-37-23-9-7-17-31(37)41-33-21-11-19-29-35-26-40-36(25-39(35)49(43(29)33)45(41)47)30-20-12-22-34-42-32-18-8-10-24-38(32)48(28-15-5-2-6-16-28)46(42)50(40)44(30)34/h1-26H. The number of hydrogen-bond acceptors (Lipinski definition) is 0. The molecule has 0 saturated carbocycles. The van der Waals surface area contributed by atoms with E-state index in [0.29, 0.717) is 0 Å². The molecular formula is C46H26N4. The fraction of sp³-hybridized carbons (Fsp3) is 0. The van der Waals surface area contributed by atoms with Gasteiger partial charge in [-0.1, -0.05) is 109 Å². The topological polar surface area (TPSA) is 18.7 Å². The van der Waals surface area contributed by atoms with Crippen LogP contribution in [-0.2, 0) is 0 Å². The lowest BCUT2D eigenvalue weighted by Crippen LogP contribution is -1.97. The lowest BCUT2D eigenvalue weighted by Gasteiger charge is -2.09. The number of nitrogens with zero attached hydrogens (tertiary/aromatic N) is 4. The molecule has 0 aliphatic carbocycles. The van der Waals surface area contributed by atoms with Crippen LogP contribution < -0.4 is 0 Å². The molecule has 230 valence electrons. The van der Waals surface area contributed by atoms with Crippen LogP contribution in [0.2, 0.25) is 0 Å². The predicted octanol–water partition coefficient (Wildman–Crippen LogP) is 11.9. The molecule has 13 rings (SSSR count). The fourth-order valence-corrected chi connectivity index (χ4v) is 9.55. The quantitative estimate of drug-likeness (QED) is 0.180. The minimum absolute atomic E-state index is 1.17. The second-order valence-electron chi connectivity index (χ2n) is 13.7. The van der Waals surface area contributed by atoms with Crippen LogP contribution in [0.15, 0.2) is 158 Å². The van der Waals surface area contributed by atoms with Gasteiger partial charge in [0.25, 0.3) is 0 Å². The molecule has 13 aromatic rings. The van der Waals surface area contributed by atoms with E-state index in [9.17, 15) is 0 Å². The zero-order chi connectivity index (χ0) is 32.2. The van der Waals surface area contributed by atoms with Crippen molar-refractivity contribution in [3.8, 4) is 11.4 Å². The molecule has 6 aromatic heterocycles. The summed E-state index contributed by atoms with van der Waals surface area (Å²) in [5.74, 6) is 0. The molecule has 0 bridgehead atoms. The molecule has 0 aliphatic heterocycles. The fourth-order valence-electron chi connectivity index (χ4n) is 9.55. The molecule has 4 heteroatoms. The van der Waals surface area contributed by atoms with Crippen molar-refractivity contribution in [2.24, 2.45) is 0 Å². The van der Waals surface area contributed by atoms with E-state index in [2.05, 4.69) is 176 Å². The van der Waals surface area contributed by atoms with Crippen LogP contribution in [0.3, 0.4) is 0 Å². The molecule has 4 nitrogen and oxygen atoms in total. The number of rotatable bonds is 2. The van der Waals surface area contributed by atoms with Crippen molar-refractivity contribution in [1.29, 1.82) is 0 Å². The van der Waals surface area contributed by atoms with Crippen LogP contribution >= 0.6 is 0 Å². The van der Waals surface area contributed by atoms with Gasteiger partial charge in [0.1, 0.15) is 11.3 Å². The summed E-state index contributed by atoms with van der Waals surface area (Å²) >= 11 is 0. The van der Waals surface area contributed by atoms with Crippen molar-refractivity contribution in [2.45, 2.75) is 0 Å². The summed E-state index contributed by atoms with van der Waals surface area (Å²) < 4.78 is 10.0. The molecule has 7 aromatic carbocycles. The number of para-hydroxylation sites is 6. The van der Waals surface area contributed by atoms with Crippen LogP contribution in [-0.4, -0.2) is 17.9 Å².